The van der Waals surface area contributed by atoms with E-state index >= 15 is 0 Å². The first-order valence-electron chi connectivity index (χ1n) is 6.82. The maximum atomic E-state index is 3.86. The van der Waals surface area contributed by atoms with Gasteiger partial charge in [-0.25, -0.2) is 0 Å². The summed E-state index contributed by atoms with van der Waals surface area (Å²) in [5.41, 5.74) is 0. The van der Waals surface area contributed by atoms with E-state index in [-0.39, 0.29) is 0 Å². The van der Waals surface area contributed by atoms with Crippen molar-refractivity contribution in [3.63, 3.8) is 0 Å². The van der Waals surface area contributed by atoms with Crippen molar-refractivity contribution in [2.45, 2.75) is 77.0 Å². The molecule has 0 fully saturated rings. The molecule has 0 aliphatic rings. The standard InChI is InChI=1S/C15H29/c1-3-5-7-9-11-13-15-14-12-10-8-6-4-2/h11H,1-10,12-15H2. The van der Waals surface area contributed by atoms with Crippen molar-refractivity contribution in [1.29, 1.82) is 0 Å². The molecule has 0 saturated heterocycles. The minimum absolute atomic E-state index is 1.10. The molecule has 0 aromatic heterocycles. The lowest BCUT2D eigenvalue weighted by atomic mass is 10.1. The molecular weight excluding hydrogens is 180 g/mol. The third-order valence-electron chi connectivity index (χ3n) is 2.82. The van der Waals surface area contributed by atoms with Crippen LogP contribution in [0.2, 0.25) is 0 Å². The van der Waals surface area contributed by atoms with Crippen molar-refractivity contribution in [2.24, 2.45) is 0 Å². The molecule has 0 atom stereocenters. The molecule has 0 unspecified atom stereocenters. The van der Waals surface area contributed by atoms with Crippen molar-refractivity contribution < 1.29 is 0 Å². The first-order chi connectivity index (χ1) is 7.41. The molecule has 0 spiro atoms. The molecular formula is C15H29. The van der Waals surface area contributed by atoms with Crippen molar-refractivity contribution in [1.82, 2.24) is 0 Å². The first-order valence-corrected chi connectivity index (χ1v) is 6.82. The second-order valence-corrected chi connectivity index (χ2v) is 4.40. The minimum Gasteiger partial charge on any atom is -0.0533 e. The predicted octanol–water partition coefficient (Wildman–Crippen LogP) is 5.54. The van der Waals surface area contributed by atoms with Crippen molar-refractivity contribution in [3.05, 3.63) is 20.3 Å². The second kappa shape index (κ2) is 14.0. The van der Waals surface area contributed by atoms with E-state index in [0.29, 0.717) is 0 Å². The summed E-state index contributed by atoms with van der Waals surface area (Å²) in [7, 11) is 0. The Balaban J connectivity index is 2.81. The Labute approximate surface area is 97.8 Å². The smallest absolute Gasteiger partial charge is 0.0386 e. The number of unbranched alkanes of at least 4 members (excludes halogenated alkanes) is 12. The highest BCUT2D eigenvalue weighted by atomic mass is 14.0. The van der Waals surface area contributed by atoms with Crippen LogP contribution < -0.4 is 0 Å². The molecule has 3 radical (unpaired) electrons. The SMILES string of the molecule is [CH2]CCCC[CH]CCCCCCCC[CH2]. The molecule has 0 heterocycles. The third kappa shape index (κ3) is 14.0. The van der Waals surface area contributed by atoms with Crippen LogP contribution in [0.5, 0.6) is 0 Å². The average Bonchev–Trinajstić information content (AvgIpc) is 2.26. The molecule has 0 aliphatic heterocycles. The highest BCUT2D eigenvalue weighted by Gasteiger charge is 1.92. The van der Waals surface area contributed by atoms with Gasteiger partial charge in [0, 0.05) is 0 Å². The van der Waals surface area contributed by atoms with Gasteiger partial charge < -0.3 is 0 Å². The molecule has 0 rings (SSSR count). The van der Waals surface area contributed by atoms with Gasteiger partial charge in [-0.1, -0.05) is 90.9 Å². The van der Waals surface area contributed by atoms with Crippen LogP contribution in [0.4, 0.5) is 0 Å². The third-order valence-corrected chi connectivity index (χ3v) is 2.82. The van der Waals surface area contributed by atoms with Gasteiger partial charge >= 0.3 is 0 Å². The van der Waals surface area contributed by atoms with Crippen LogP contribution in [0.1, 0.15) is 77.0 Å². The van der Waals surface area contributed by atoms with E-state index in [4.69, 9.17) is 0 Å². The largest absolute Gasteiger partial charge is 0.0533 e. The van der Waals surface area contributed by atoms with E-state index in [2.05, 4.69) is 20.3 Å². The fourth-order valence-corrected chi connectivity index (χ4v) is 1.78. The number of hydrogen-bond acceptors (Lipinski definition) is 0. The zero-order valence-corrected chi connectivity index (χ0v) is 10.5. The molecule has 15 heavy (non-hydrogen) atoms. The molecule has 0 heteroatoms. The average molecular weight is 209 g/mol. The molecule has 0 aliphatic carbocycles. The van der Waals surface area contributed by atoms with E-state index in [1.165, 1.54) is 64.2 Å². The second-order valence-electron chi connectivity index (χ2n) is 4.40. The number of hydrogen-bond donors (Lipinski definition) is 0. The lowest BCUT2D eigenvalue weighted by molar-refractivity contribution is 0.587. The lowest BCUT2D eigenvalue weighted by Crippen LogP contribution is -1.82. The van der Waals surface area contributed by atoms with Gasteiger partial charge in [0.2, 0.25) is 0 Å². The summed E-state index contributed by atoms with van der Waals surface area (Å²) in [6, 6.07) is 0. The Hall–Kier alpha value is 0. The van der Waals surface area contributed by atoms with Crippen LogP contribution in [0.3, 0.4) is 0 Å². The molecule has 0 aromatic rings. The summed E-state index contributed by atoms with van der Waals surface area (Å²) in [5, 5.41) is 0. The quantitative estimate of drug-likeness (QED) is 0.370. The van der Waals surface area contributed by atoms with Crippen LogP contribution in [0.15, 0.2) is 0 Å². The van der Waals surface area contributed by atoms with Crippen LogP contribution in [0.25, 0.3) is 0 Å². The van der Waals surface area contributed by atoms with E-state index in [1.807, 2.05) is 0 Å². The Morgan fingerprint density at radius 2 is 0.933 bits per heavy atom. The summed E-state index contributed by atoms with van der Waals surface area (Å²) >= 11 is 0. The van der Waals surface area contributed by atoms with Gasteiger partial charge in [-0.05, 0) is 6.42 Å². The number of rotatable bonds is 12. The molecule has 0 nitrogen and oxygen atoms in total. The first kappa shape index (κ1) is 15.0. The van der Waals surface area contributed by atoms with E-state index in [9.17, 15) is 0 Å². The van der Waals surface area contributed by atoms with Gasteiger partial charge in [0.25, 0.3) is 0 Å². The maximum absolute atomic E-state index is 3.86. The van der Waals surface area contributed by atoms with Crippen LogP contribution in [-0.4, -0.2) is 0 Å². The van der Waals surface area contributed by atoms with Crippen molar-refractivity contribution in [3.8, 4) is 0 Å². The van der Waals surface area contributed by atoms with Gasteiger partial charge in [-0.3, -0.25) is 0 Å². The summed E-state index contributed by atoms with van der Waals surface area (Å²) in [4.78, 5) is 0. The fraction of sp³-hybridized carbons (Fsp3) is 0.800. The maximum Gasteiger partial charge on any atom is -0.0386 e. The van der Waals surface area contributed by atoms with Gasteiger partial charge in [0.05, 0.1) is 0 Å². The van der Waals surface area contributed by atoms with E-state index in [0.717, 1.165) is 12.8 Å². The molecule has 0 saturated carbocycles. The Morgan fingerprint density at radius 1 is 0.533 bits per heavy atom. The monoisotopic (exact) mass is 209 g/mol. The van der Waals surface area contributed by atoms with Gasteiger partial charge in [0.15, 0.2) is 0 Å². The molecule has 0 amide bonds. The van der Waals surface area contributed by atoms with Crippen molar-refractivity contribution in [2.75, 3.05) is 0 Å². The van der Waals surface area contributed by atoms with E-state index in [1.54, 1.807) is 0 Å². The predicted molar refractivity (Wildman–Crippen MR) is 70.4 cm³/mol. The molecule has 0 aromatic carbocycles. The van der Waals surface area contributed by atoms with Crippen molar-refractivity contribution >= 4 is 0 Å². The Bertz CT molecular complexity index is 84.2. The zero-order valence-electron chi connectivity index (χ0n) is 10.5. The van der Waals surface area contributed by atoms with Gasteiger partial charge in [-0.2, -0.15) is 0 Å². The highest BCUT2D eigenvalue weighted by molar-refractivity contribution is 4.64. The zero-order chi connectivity index (χ0) is 11.2. The molecule has 0 N–H and O–H groups in total. The summed E-state index contributed by atoms with van der Waals surface area (Å²) < 4.78 is 0. The Morgan fingerprint density at radius 3 is 1.53 bits per heavy atom. The Kier molecular flexibility index (Phi) is 14.0. The van der Waals surface area contributed by atoms with Gasteiger partial charge in [0.1, 0.15) is 0 Å². The topological polar surface area (TPSA) is 0 Å². The summed E-state index contributed by atoms with van der Waals surface area (Å²) in [5.74, 6) is 0. The minimum atomic E-state index is 1.10. The summed E-state index contributed by atoms with van der Waals surface area (Å²) in [6.07, 6.45) is 18.3. The van der Waals surface area contributed by atoms with Crippen LogP contribution in [-0.2, 0) is 0 Å². The lowest BCUT2D eigenvalue weighted by Gasteiger charge is -2.01. The summed E-state index contributed by atoms with van der Waals surface area (Å²) in [6.45, 7) is 7.71. The van der Waals surface area contributed by atoms with Crippen LogP contribution >= 0.6 is 0 Å². The molecule has 89 valence electrons. The molecule has 0 bridgehead atoms. The highest BCUT2D eigenvalue weighted by Crippen LogP contribution is 2.11. The van der Waals surface area contributed by atoms with Crippen LogP contribution in [0, 0.1) is 20.3 Å². The van der Waals surface area contributed by atoms with Gasteiger partial charge in [-0.15, -0.1) is 0 Å². The normalized spacial score (nSPS) is 10.8. The van der Waals surface area contributed by atoms with E-state index < -0.39 is 0 Å². The fourth-order valence-electron chi connectivity index (χ4n) is 1.78.